The molecule has 1 saturated carbocycles. The van der Waals surface area contributed by atoms with Gasteiger partial charge < -0.3 is 15.6 Å². The highest BCUT2D eigenvalue weighted by atomic mass is 16.2. The number of aromatic nitrogens is 2. The van der Waals surface area contributed by atoms with Crippen molar-refractivity contribution in [2.24, 2.45) is 5.73 Å². The maximum absolute atomic E-state index is 12.1. The first-order valence-electron chi connectivity index (χ1n) is 6.60. The summed E-state index contributed by atoms with van der Waals surface area (Å²) < 4.78 is 0. The summed E-state index contributed by atoms with van der Waals surface area (Å²) in [6, 6.07) is 0. The summed E-state index contributed by atoms with van der Waals surface area (Å²) in [5, 5.41) is 0. The summed E-state index contributed by atoms with van der Waals surface area (Å²) in [6.07, 6.45) is 9.37. The Bertz CT molecular complexity index is 382. The van der Waals surface area contributed by atoms with Crippen LogP contribution in [-0.2, 0) is 11.3 Å². The topological polar surface area (TPSA) is 75.0 Å². The fourth-order valence-corrected chi connectivity index (χ4v) is 2.57. The van der Waals surface area contributed by atoms with Gasteiger partial charge in [0.15, 0.2) is 0 Å². The molecule has 0 bridgehead atoms. The molecule has 18 heavy (non-hydrogen) atoms. The van der Waals surface area contributed by atoms with Crippen LogP contribution in [0.3, 0.4) is 0 Å². The number of carbonyl (C=O) groups excluding carboxylic acids is 1. The molecule has 0 aromatic carbocycles. The summed E-state index contributed by atoms with van der Waals surface area (Å²) in [6.45, 7) is 0.516. The molecule has 1 aromatic heterocycles. The van der Waals surface area contributed by atoms with Gasteiger partial charge in [-0.3, -0.25) is 4.79 Å². The van der Waals surface area contributed by atoms with E-state index in [0.717, 1.165) is 31.5 Å². The lowest BCUT2D eigenvalue weighted by Gasteiger charge is -2.34. The summed E-state index contributed by atoms with van der Waals surface area (Å²) in [5.74, 6) is 0.913. The van der Waals surface area contributed by atoms with E-state index >= 15 is 0 Å². The van der Waals surface area contributed by atoms with Gasteiger partial charge >= 0.3 is 0 Å². The lowest BCUT2D eigenvalue weighted by Crippen LogP contribution is -2.46. The monoisotopic (exact) mass is 250 g/mol. The first kappa shape index (κ1) is 13.1. The molecule has 1 aliphatic carbocycles. The molecule has 1 aromatic rings. The number of hydrogen-bond acceptors (Lipinski definition) is 3. The molecule has 0 aliphatic heterocycles. The zero-order valence-electron chi connectivity index (χ0n) is 11.0. The third kappa shape index (κ3) is 3.32. The fourth-order valence-electron chi connectivity index (χ4n) is 2.57. The van der Waals surface area contributed by atoms with Crippen molar-refractivity contribution in [1.82, 2.24) is 14.9 Å². The highest BCUT2D eigenvalue weighted by molar-refractivity contribution is 5.77. The van der Waals surface area contributed by atoms with Crippen molar-refractivity contribution in [2.75, 3.05) is 7.05 Å². The first-order chi connectivity index (χ1) is 8.59. The number of aromatic amines is 1. The quantitative estimate of drug-likeness (QED) is 0.848. The number of nitrogens with zero attached hydrogens (tertiary/aromatic N) is 2. The molecule has 1 aliphatic rings. The van der Waals surface area contributed by atoms with Gasteiger partial charge in [0, 0.05) is 31.4 Å². The van der Waals surface area contributed by atoms with Crippen LogP contribution in [-0.4, -0.2) is 33.4 Å². The number of hydrogen-bond donors (Lipinski definition) is 2. The van der Waals surface area contributed by atoms with Gasteiger partial charge in [-0.05, 0) is 12.8 Å². The molecule has 1 heterocycles. The van der Waals surface area contributed by atoms with E-state index in [0.29, 0.717) is 13.0 Å². The van der Waals surface area contributed by atoms with E-state index in [2.05, 4.69) is 9.97 Å². The summed E-state index contributed by atoms with van der Waals surface area (Å²) in [5.41, 5.74) is 6.02. The number of nitrogens with two attached hydrogens (primary N) is 1. The van der Waals surface area contributed by atoms with Gasteiger partial charge in [0.25, 0.3) is 0 Å². The Labute approximate surface area is 108 Å². The van der Waals surface area contributed by atoms with Crippen LogP contribution in [0.25, 0.3) is 0 Å². The number of nitrogens with one attached hydrogen (secondary N) is 1. The summed E-state index contributed by atoms with van der Waals surface area (Å²) >= 11 is 0. The standard InChI is InChI=1S/C13H22N4O/c1-17(10-11-15-7-8-16-11)12(18)9-13(14)5-3-2-4-6-13/h7-8H,2-6,9-10,14H2,1H3,(H,15,16). The van der Waals surface area contributed by atoms with Crippen molar-refractivity contribution in [1.29, 1.82) is 0 Å². The smallest absolute Gasteiger partial charge is 0.224 e. The highest BCUT2D eigenvalue weighted by Gasteiger charge is 2.31. The predicted molar refractivity (Wildman–Crippen MR) is 69.7 cm³/mol. The Morgan fingerprint density at radius 2 is 2.22 bits per heavy atom. The third-order valence-corrected chi connectivity index (χ3v) is 3.72. The minimum absolute atomic E-state index is 0.107. The van der Waals surface area contributed by atoms with Crippen molar-refractivity contribution in [3.8, 4) is 0 Å². The average molecular weight is 250 g/mol. The Balaban J connectivity index is 1.86. The Morgan fingerprint density at radius 1 is 1.50 bits per heavy atom. The molecule has 2 rings (SSSR count). The molecule has 0 unspecified atom stereocenters. The van der Waals surface area contributed by atoms with Gasteiger partial charge in [0.05, 0.1) is 6.54 Å². The van der Waals surface area contributed by atoms with Gasteiger partial charge in [-0.2, -0.15) is 0 Å². The van der Waals surface area contributed by atoms with Crippen LogP contribution in [0.5, 0.6) is 0 Å². The largest absolute Gasteiger partial charge is 0.347 e. The number of imidazole rings is 1. The zero-order chi connectivity index (χ0) is 13.0. The van der Waals surface area contributed by atoms with Gasteiger partial charge in [0.2, 0.25) is 5.91 Å². The Morgan fingerprint density at radius 3 is 2.83 bits per heavy atom. The summed E-state index contributed by atoms with van der Waals surface area (Å²) in [4.78, 5) is 21.0. The number of rotatable bonds is 4. The van der Waals surface area contributed by atoms with Crippen LogP contribution >= 0.6 is 0 Å². The van der Waals surface area contributed by atoms with E-state index in [1.807, 2.05) is 0 Å². The van der Waals surface area contributed by atoms with Crippen molar-refractivity contribution >= 4 is 5.91 Å². The first-order valence-corrected chi connectivity index (χ1v) is 6.60. The van der Waals surface area contributed by atoms with Crippen molar-refractivity contribution < 1.29 is 4.79 Å². The van der Waals surface area contributed by atoms with Crippen LogP contribution in [0.4, 0.5) is 0 Å². The highest BCUT2D eigenvalue weighted by Crippen LogP contribution is 2.29. The van der Waals surface area contributed by atoms with E-state index in [-0.39, 0.29) is 11.4 Å². The van der Waals surface area contributed by atoms with Crippen LogP contribution in [0.15, 0.2) is 12.4 Å². The van der Waals surface area contributed by atoms with Crippen molar-refractivity contribution in [3.63, 3.8) is 0 Å². The second-order valence-corrected chi connectivity index (χ2v) is 5.39. The normalized spacial score (nSPS) is 18.6. The Kier molecular flexibility index (Phi) is 4.01. The lowest BCUT2D eigenvalue weighted by atomic mass is 9.80. The molecule has 3 N–H and O–H groups in total. The summed E-state index contributed by atoms with van der Waals surface area (Å²) in [7, 11) is 1.80. The minimum Gasteiger partial charge on any atom is -0.347 e. The average Bonchev–Trinajstić information content (AvgIpc) is 2.82. The SMILES string of the molecule is CN(Cc1ncc[nH]1)C(=O)CC1(N)CCCCC1. The lowest BCUT2D eigenvalue weighted by molar-refractivity contribution is -0.132. The van der Waals surface area contributed by atoms with Gasteiger partial charge in [-0.15, -0.1) is 0 Å². The maximum atomic E-state index is 12.1. The molecule has 0 spiro atoms. The molecule has 5 heteroatoms. The molecule has 0 saturated heterocycles. The molecule has 1 fully saturated rings. The molecule has 100 valence electrons. The molecule has 0 atom stereocenters. The fraction of sp³-hybridized carbons (Fsp3) is 0.692. The molecular weight excluding hydrogens is 228 g/mol. The number of carbonyl (C=O) groups is 1. The zero-order valence-corrected chi connectivity index (χ0v) is 11.0. The molecule has 0 radical (unpaired) electrons. The van der Waals surface area contributed by atoms with Crippen LogP contribution in [0.1, 0.15) is 44.3 Å². The molecular formula is C13H22N4O. The van der Waals surface area contributed by atoms with E-state index in [9.17, 15) is 4.79 Å². The number of amides is 1. The second-order valence-electron chi connectivity index (χ2n) is 5.39. The van der Waals surface area contributed by atoms with Gasteiger partial charge in [-0.1, -0.05) is 19.3 Å². The van der Waals surface area contributed by atoms with Gasteiger partial charge in [-0.25, -0.2) is 4.98 Å². The van der Waals surface area contributed by atoms with E-state index in [1.165, 1.54) is 6.42 Å². The third-order valence-electron chi connectivity index (χ3n) is 3.72. The maximum Gasteiger partial charge on any atom is 0.224 e. The van der Waals surface area contributed by atoms with Gasteiger partial charge in [0.1, 0.15) is 5.82 Å². The number of H-pyrrole nitrogens is 1. The van der Waals surface area contributed by atoms with Crippen LogP contribution < -0.4 is 5.73 Å². The van der Waals surface area contributed by atoms with Crippen LogP contribution in [0, 0.1) is 0 Å². The predicted octanol–water partition coefficient (Wildman–Crippen LogP) is 1.42. The van der Waals surface area contributed by atoms with E-state index < -0.39 is 0 Å². The van der Waals surface area contributed by atoms with Crippen molar-refractivity contribution in [2.45, 2.75) is 50.6 Å². The Hall–Kier alpha value is -1.36. The van der Waals surface area contributed by atoms with Crippen LogP contribution in [0.2, 0.25) is 0 Å². The van der Waals surface area contributed by atoms with E-state index in [4.69, 9.17) is 5.73 Å². The molecule has 5 nitrogen and oxygen atoms in total. The molecule has 1 amide bonds. The second kappa shape index (κ2) is 5.52. The minimum atomic E-state index is -0.285. The van der Waals surface area contributed by atoms with E-state index in [1.54, 1.807) is 24.3 Å². The van der Waals surface area contributed by atoms with Crippen molar-refractivity contribution in [3.05, 3.63) is 18.2 Å².